The van der Waals surface area contributed by atoms with E-state index < -0.39 is 6.10 Å². The Morgan fingerprint density at radius 3 is 2.60 bits per heavy atom. The molecule has 2 aromatic rings. The van der Waals surface area contributed by atoms with Crippen molar-refractivity contribution in [2.24, 2.45) is 0 Å². The van der Waals surface area contributed by atoms with Gasteiger partial charge in [0, 0.05) is 37.6 Å². The Morgan fingerprint density at radius 2 is 1.88 bits per heavy atom. The third kappa shape index (κ3) is 3.76. The highest BCUT2D eigenvalue weighted by Gasteiger charge is 2.32. The number of fused-ring (bicyclic) bond motifs is 1. The molecule has 1 saturated heterocycles. The zero-order valence-corrected chi connectivity index (χ0v) is 15.3. The number of halogens is 1. The van der Waals surface area contributed by atoms with Crippen molar-refractivity contribution in [2.75, 3.05) is 32.8 Å². The van der Waals surface area contributed by atoms with Crippen LogP contribution in [0.3, 0.4) is 0 Å². The van der Waals surface area contributed by atoms with Crippen LogP contribution in [-0.2, 0) is 11.3 Å². The number of piperazine rings is 1. The predicted octanol–water partition coefficient (Wildman–Crippen LogP) is 2.89. The summed E-state index contributed by atoms with van der Waals surface area (Å²) in [5.74, 6) is 1.35. The van der Waals surface area contributed by atoms with Crippen LogP contribution in [0.15, 0.2) is 36.4 Å². The minimum Gasteiger partial charge on any atom is -0.485 e. The van der Waals surface area contributed by atoms with Crippen molar-refractivity contribution in [2.45, 2.75) is 12.6 Å². The van der Waals surface area contributed by atoms with Gasteiger partial charge in [-0.2, -0.15) is 0 Å². The van der Waals surface area contributed by atoms with Gasteiger partial charge in [-0.1, -0.05) is 23.7 Å². The van der Waals surface area contributed by atoms with Crippen LogP contribution < -0.4 is 9.47 Å². The Kier molecular flexibility index (Phi) is 4.83. The largest absolute Gasteiger partial charge is 0.485 e. The van der Waals surface area contributed by atoms with Crippen LogP contribution in [0.4, 0.5) is 0 Å². The lowest BCUT2D eigenvalue weighted by Gasteiger charge is -2.37. The minimum atomic E-state index is -0.558. The van der Waals surface area contributed by atoms with E-state index in [0.29, 0.717) is 24.6 Å². The van der Waals surface area contributed by atoms with Crippen LogP contribution in [0.1, 0.15) is 4.88 Å². The molecule has 0 aliphatic carbocycles. The molecule has 1 amide bonds. The average Bonchev–Trinajstić information content (AvgIpc) is 3.06. The molecule has 3 heterocycles. The number of nitrogens with zero attached hydrogens (tertiary/aromatic N) is 2. The second kappa shape index (κ2) is 7.23. The maximum atomic E-state index is 12.7. The molecule has 4 rings (SSSR count). The molecule has 0 bridgehead atoms. The molecule has 132 valence electrons. The molecule has 1 aromatic heterocycles. The number of para-hydroxylation sites is 2. The average molecular weight is 379 g/mol. The first-order chi connectivity index (χ1) is 12.2. The van der Waals surface area contributed by atoms with Crippen molar-refractivity contribution < 1.29 is 14.3 Å². The summed E-state index contributed by atoms with van der Waals surface area (Å²) >= 11 is 7.60. The van der Waals surface area contributed by atoms with Crippen LogP contribution >= 0.6 is 22.9 Å². The number of carbonyl (C=O) groups excluding carboxylic acids is 1. The molecule has 7 heteroatoms. The first-order valence-corrected chi connectivity index (χ1v) is 9.52. The molecule has 1 atom stereocenters. The first kappa shape index (κ1) is 16.7. The zero-order valence-electron chi connectivity index (χ0n) is 13.7. The third-order valence-electron chi connectivity index (χ3n) is 4.48. The molecule has 5 nitrogen and oxygen atoms in total. The first-order valence-electron chi connectivity index (χ1n) is 8.33. The summed E-state index contributed by atoms with van der Waals surface area (Å²) in [4.78, 5) is 18.2. The van der Waals surface area contributed by atoms with Crippen LogP contribution in [0, 0.1) is 0 Å². The van der Waals surface area contributed by atoms with Crippen molar-refractivity contribution in [3.8, 4) is 11.5 Å². The van der Waals surface area contributed by atoms with E-state index in [-0.39, 0.29) is 12.5 Å². The molecule has 25 heavy (non-hydrogen) atoms. The summed E-state index contributed by atoms with van der Waals surface area (Å²) in [7, 11) is 0. The second-order valence-corrected chi connectivity index (χ2v) is 7.97. The maximum Gasteiger partial charge on any atom is 0.267 e. The Balaban J connectivity index is 1.31. The Hall–Kier alpha value is -1.76. The number of ether oxygens (including phenoxy) is 2. The van der Waals surface area contributed by atoms with E-state index in [2.05, 4.69) is 11.0 Å². The van der Waals surface area contributed by atoms with Gasteiger partial charge in [-0.05, 0) is 24.3 Å². The van der Waals surface area contributed by atoms with Crippen LogP contribution in [0.5, 0.6) is 11.5 Å². The lowest BCUT2D eigenvalue weighted by Crippen LogP contribution is -2.53. The number of carbonyl (C=O) groups is 1. The molecule has 0 N–H and O–H groups in total. The van der Waals surface area contributed by atoms with Crippen molar-refractivity contribution >= 4 is 28.8 Å². The highest BCUT2D eigenvalue weighted by atomic mass is 35.5. The molecular formula is C18H19ClN2O3S. The van der Waals surface area contributed by atoms with Gasteiger partial charge in [-0.3, -0.25) is 9.69 Å². The monoisotopic (exact) mass is 378 g/mol. The fourth-order valence-corrected chi connectivity index (χ4v) is 4.26. The fourth-order valence-electron chi connectivity index (χ4n) is 3.13. The number of amides is 1. The van der Waals surface area contributed by atoms with E-state index in [1.807, 2.05) is 35.2 Å². The summed E-state index contributed by atoms with van der Waals surface area (Å²) in [6, 6.07) is 11.5. The van der Waals surface area contributed by atoms with E-state index in [4.69, 9.17) is 21.1 Å². The number of rotatable bonds is 3. The quantitative estimate of drug-likeness (QED) is 0.823. The van der Waals surface area contributed by atoms with Gasteiger partial charge < -0.3 is 14.4 Å². The third-order valence-corrected chi connectivity index (χ3v) is 5.69. The number of thiophene rings is 1. The number of hydrogen-bond acceptors (Lipinski definition) is 5. The van der Waals surface area contributed by atoms with Gasteiger partial charge in [-0.15, -0.1) is 11.3 Å². The summed E-state index contributed by atoms with van der Waals surface area (Å²) in [5.41, 5.74) is 0. The summed E-state index contributed by atoms with van der Waals surface area (Å²) in [5, 5.41) is 0. The SMILES string of the molecule is O=C(C1COc2ccccc2O1)N1CCN(Cc2ccc(Cl)s2)CC1. The van der Waals surface area contributed by atoms with Gasteiger partial charge in [0.15, 0.2) is 11.5 Å². The van der Waals surface area contributed by atoms with E-state index >= 15 is 0 Å². The van der Waals surface area contributed by atoms with Crippen molar-refractivity contribution in [3.63, 3.8) is 0 Å². The molecular weight excluding hydrogens is 360 g/mol. The van der Waals surface area contributed by atoms with Gasteiger partial charge in [0.1, 0.15) is 6.61 Å². The van der Waals surface area contributed by atoms with Crippen molar-refractivity contribution in [3.05, 3.63) is 45.6 Å². The highest BCUT2D eigenvalue weighted by Crippen LogP contribution is 2.31. The van der Waals surface area contributed by atoms with Gasteiger partial charge in [0.05, 0.1) is 4.34 Å². The van der Waals surface area contributed by atoms with Crippen LogP contribution in [0.25, 0.3) is 0 Å². The fraction of sp³-hybridized carbons (Fsp3) is 0.389. The minimum absolute atomic E-state index is 0.00770. The Labute approximate surface area is 155 Å². The highest BCUT2D eigenvalue weighted by molar-refractivity contribution is 7.16. The van der Waals surface area contributed by atoms with E-state index in [0.717, 1.165) is 24.0 Å². The maximum absolute atomic E-state index is 12.7. The zero-order chi connectivity index (χ0) is 17.2. The molecule has 0 spiro atoms. The molecule has 0 saturated carbocycles. The van der Waals surface area contributed by atoms with Crippen molar-refractivity contribution in [1.29, 1.82) is 0 Å². The lowest BCUT2D eigenvalue weighted by atomic mass is 10.2. The molecule has 0 radical (unpaired) electrons. The smallest absolute Gasteiger partial charge is 0.267 e. The standard InChI is InChI=1S/C18H19ClN2O3S/c19-17-6-5-13(25-17)11-20-7-9-21(10-8-20)18(22)16-12-23-14-3-1-2-4-15(14)24-16/h1-6,16H,7-12H2. The van der Waals surface area contributed by atoms with Crippen LogP contribution in [0.2, 0.25) is 4.34 Å². The molecule has 2 aliphatic rings. The van der Waals surface area contributed by atoms with E-state index in [9.17, 15) is 4.79 Å². The number of benzene rings is 1. The van der Waals surface area contributed by atoms with E-state index in [1.165, 1.54) is 4.88 Å². The Bertz CT molecular complexity index is 758. The summed E-state index contributed by atoms with van der Waals surface area (Å²) in [6.07, 6.45) is -0.558. The number of hydrogen-bond donors (Lipinski definition) is 0. The van der Waals surface area contributed by atoms with Gasteiger partial charge in [0.2, 0.25) is 6.10 Å². The summed E-state index contributed by atoms with van der Waals surface area (Å²) < 4.78 is 12.3. The Morgan fingerprint density at radius 1 is 1.12 bits per heavy atom. The van der Waals surface area contributed by atoms with Gasteiger partial charge in [0.25, 0.3) is 5.91 Å². The molecule has 1 aromatic carbocycles. The lowest BCUT2D eigenvalue weighted by molar-refractivity contribution is -0.143. The normalized spacial score (nSPS) is 20.5. The topological polar surface area (TPSA) is 42.0 Å². The molecule has 2 aliphatic heterocycles. The van der Waals surface area contributed by atoms with Gasteiger partial charge >= 0.3 is 0 Å². The molecule has 1 unspecified atom stereocenters. The summed E-state index contributed by atoms with van der Waals surface area (Å²) in [6.45, 7) is 4.27. The van der Waals surface area contributed by atoms with Gasteiger partial charge in [-0.25, -0.2) is 0 Å². The second-order valence-electron chi connectivity index (χ2n) is 6.17. The van der Waals surface area contributed by atoms with Crippen LogP contribution in [-0.4, -0.2) is 54.6 Å². The predicted molar refractivity (Wildman–Crippen MR) is 97.5 cm³/mol. The van der Waals surface area contributed by atoms with E-state index in [1.54, 1.807) is 11.3 Å². The van der Waals surface area contributed by atoms with Crippen molar-refractivity contribution in [1.82, 2.24) is 9.80 Å². The molecule has 1 fully saturated rings.